The summed E-state index contributed by atoms with van der Waals surface area (Å²) in [6, 6.07) is 7.02. The van der Waals surface area contributed by atoms with E-state index >= 15 is 0 Å². The maximum Gasteiger partial charge on any atom is 0.251 e. The van der Waals surface area contributed by atoms with Crippen molar-refractivity contribution in [1.82, 2.24) is 10.2 Å². The Morgan fingerprint density at radius 1 is 1.19 bits per heavy atom. The molecule has 5 heteroatoms. The summed E-state index contributed by atoms with van der Waals surface area (Å²) in [6.45, 7) is 5.25. The normalized spacial score (nSPS) is 16.0. The number of nitrogens with zero attached hydrogens (tertiary/aromatic N) is 1. The van der Waals surface area contributed by atoms with Crippen LogP contribution in [0.3, 0.4) is 0 Å². The van der Waals surface area contributed by atoms with Gasteiger partial charge >= 0.3 is 0 Å². The van der Waals surface area contributed by atoms with Crippen molar-refractivity contribution in [3.05, 3.63) is 29.8 Å². The van der Waals surface area contributed by atoms with Crippen LogP contribution < -0.4 is 11.1 Å². The quantitative estimate of drug-likeness (QED) is 0.831. The second-order valence-electron chi connectivity index (χ2n) is 5.85. The third-order valence-electron chi connectivity index (χ3n) is 3.81. The summed E-state index contributed by atoms with van der Waals surface area (Å²) < 4.78 is 0. The van der Waals surface area contributed by atoms with Gasteiger partial charge in [0.15, 0.2) is 0 Å². The highest BCUT2D eigenvalue weighted by atomic mass is 16.2. The number of piperidine rings is 1. The predicted molar refractivity (Wildman–Crippen MR) is 82.8 cm³/mol. The Morgan fingerprint density at radius 3 is 2.29 bits per heavy atom. The van der Waals surface area contributed by atoms with E-state index in [0.29, 0.717) is 24.3 Å². The van der Waals surface area contributed by atoms with Crippen LogP contribution in [0.1, 0.15) is 37.0 Å². The average Bonchev–Trinajstić information content (AvgIpc) is 2.47. The smallest absolute Gasteiger partial charge is 0.251 e. The van der Waals surface area contributed by atoms with E-state index in [9.17, 15) is 9.59 Å². The molecule has 1 aliphatic rings. The summed E-state index contributed by atoms with van der Waals surface area (Å²) in [7, 11) is 0. The van der Waals surface area contributed by atoms with Crippen molar-refractivity contribution < 1.29 is 9.59 Å². The van der Waals surface area contributed by atoms with Gasteiger partial charge in [-0.2, -0.15) is 0 Å². The number of likely N-dealkylation sites (tertiary alicyclic amines) is 1. The maximum absolute atomic E-state index is 12.1. The predicted octanol–water partition coefficient (Wildman–Crippen LogP) is 1.65. The summed E-state index contributed by atoms with van der Waals surface area (Å²) in [6.07, 6.45) is 1.61. The first-order chi connectivity index (χ1) is 9.97. The highest BCUT2D eigenvalue weighted by Gasteiger charge is 2.25. The molecule has 1 fully saturated rings. The van der Waals surface area contributed by atoms with Gasteiger partial charge in [0.05, 0.1) is 0 Å². The standard InChI is InChI=1S/C16H23N3O2/c1-11(2)16(21)19-9-7-14(8-10-19)18-15(20)12-3-5-13(17)6-4-12/h3-6,11,14H,7-10,17H2,1-2H3,(H,18,20). The van der Waals surface area contributed by atoms with Crippen LogP contribution in [0.4, 0.5) is 5.69 Å². The van der Waals surface area contributed by atoms with Gasteiger partial charge in [0.25, 0.3) is 5.91 Å². The average molecular weight is 289 g/mol. The summed E-state index contributed by atoms with van der Waals surface area (Å²) >= 11 is 0. The largest absolute Gasteiger partial charge is 0.399 e. The molecular formula is C16H23N3O2. The van der Waals surface area contributed by atoms with Gasteiger partial charge in [0, 0.05) is 36.3 Å². The fraction of sp³-hybridized carbons (Fsp3) is 0.500. The fourth-order valence-electron chi connectivity index (χ4n) is 2.51. The Morgan fingerprint density at radius 2 is 1.76 bits per heavy atom. The van der Waals surface area contributed by atoms with Crippen molar-refractivity contribution in [2.75, 3.05) is 18.8 Å². The molecule has 1 aliphatic heterocycles. The molecule has 5 nitrogen and oxygen atoms in total. The number of nitrogens with two attached hydrogens (primary N) is 1. The third kappa shape index (κ3) is 3.97. The van der Waals surface area contributed by atoms with Crippen LogP contribution in [0.5, 0.6) is 0 Å². The number of carbonyl (C=O) groups excluding carboxylic acids is 2. The molecule has 3 N–H and O–H groups in total. The Kier molecular flexibility index (Phi) is 4.83. The van der Waals surface area contributed by atoms with Gasteiger partial charge in [-0.3, -0.25) is 9.59 Å². The fourth-order valence-corrected chi connectivity index (χ4v) is 2.51. The van der Waals surface area contributed by atoms with E-state index in [4.69, 9.17) is 5.73 Å². The number of carbonyl (C=O) groups is 2. The molecule has 0 spiro atoms. The number of benzene rings is 1. The van der Waals surface area contributed by atoms with Crippen LogP contribution in [0.15, 0.2) is 24.3 Å². The number of anilines is 1. The lowest BCUT2D eigenvalue weighted by Crippen LogP contribution is -2.47. The minimum atomic E-state index is -0.0800. The van der Waals surface area contributed by atoms with E-state index < -0.39 is 0 Å². The second-order valence-corrected chi connectivity index (χ2v) is 5.85. The van der Waals surface area contributed by atoms with Crippen molar-refractivity contribution >= 4 is 17.5 Å². The number of amides is 2. The van der Waals surface area contributed by atoms with Crippen LogP contribution >= 0.6 is 0 Å². The molecule has 1 saturated heterocycles. The molecule has 0 radical (unpaired) electrons. The van der Waals surface area contributed by atoms with Crippen LogP contribution in [0.2, 0.25) is 0 Å². The summed E-state index contributed by atoms with van der Waals surface area (Å²) in [5.41, 5.74) is 6.87. The van der Waals surface area contributed by atoms with Gasteiger partial charge in [0.2, 0.25) is 5.91 Å². The van der Waals surface area contributed by atoms with Crippen molar-refractivity contribution in [3.8, 4) is 0 Å². The first-order valence-electron chi connectivity index (χ1n) is 7.42. The molecule has 0 atom stereocenters. The van der Waals surface area contributed by atoms with Gasteiger partial charge in [0.1, 0.15) is 0 Å². The van der Waals surface area contributed by atoms with Gasteiger partial charge in [-0.05, 0) is 37.1 Å². The lowest BCUT2D eigenvalue weighted by Gasteiger charge is -2.33. The van der Waals surface area contributed by atoms with Crippen molar-refractivity contribution in [3.63, 3.8) is 0 Å². The van der Waals surface area contributed by atoms with E-state index in [1.54, 1.807) is 24.3 Å². The van der Waals surface area contributed by atoms with Crippen LogP contribution in [-0.4, -0.2) is 35.8 Å². The minimum Gasteiger partial charge on any atom is -0.399 e. The molecule has 21 heavy (non-hydrogen) atoms. The van der Waals surface area contributed by atoms with Crippen molar-refractivity contribution in [1.29, 1.82) is 0 Å². The SMILES string of the molecule is CC(C)C(=O)N1CCC(NC(=O)c2ccc(N)cc2)CC1. The summed E-state index contributed by atoms with van der Waals surface area (Å²) in [4.78, 5) is 25.9. The molecule has 2 rings (SSSR count). The molecule has 0 bridgehead atoms. The molecule has 114 valence electrons. The van der Waals surface area contributed by atoms with Gasteiger partial charge in [-0.1, -0.05) is 13.8 Å². The molecule has 2 amide bonds. The number of hydrogen-bond donors (Lipinski definition) is 2. The van der Waals surface area contributed by atoms with E-state index in [1.807, 2.05) is 18.7 Å². The third-order valence-corrected chi connectivity index (χ3v) is 3.81. The highest BCUT2D eigenvalue weighted by molar-refractivity contribution is 5.94. The molecule has 0 unspecified atom stereocenters. The van der Waals surface area contributed by atoms with E-state index in [0.717, 1.165) is 12.8 Å². The maximum atomic E-state index is 12.1. The highest BCUT2D eigenvalue weighted by Crippen LogP contribution is 2.14. The second kappa shape index (κ2) is 6.61. The first-order valence-corrected chi connectivity index (χ1v) is 7.42. The zero-order chi connectivity index (χ0) is 15.4. The number of rotatable bonds is 3. The Balaban J connectivity index is 1.84. The Hall–Kier alpha value is -2.04. The van der Waals surface area contributed by atoms with Gasteiger partial charge in [-0.15, -0.1) is 0 Å². The molecule has 1 aromatic carbocycles. The number of nitrogen functional groups attached to an aromatic ring is 1. The summed E-state index contributed by atoms with van der Waals surface area (Å²) in [5, 5.41) is 3.03. The number of nitrogens with one attached hydrogen (secondary N) is 1. The Labute approximate surface area is 125 Å². The van der Waals surface area contributed by atoms with Gasteiger partial charge in [-0.25, -0.2) is 0 Å². The van der Waals surface area contributed by atoms with Crippen LogP contribution in [0.25, 0.3) is 0 Å². The molecule has 0 saturated carbocycles. The molecule has 0 aromatic heterocycles. The van der Waals surface area contributed by atoms with E-state index in [1.165, 1.54) is 0 Å². The lowest BCUT2D eigenvalue weighted by atomic mass is 10.0. The lowest BCUT2D eigenvalue weighted by molar-refractivity contribution is -0.135. The van der Waals surface area contributed by atoms with Crippen molar-refractivity contribution in [2.45, 2.75) is 32.7 Å². The van der Waals surface area contributed by atoms with E-state index in [2.05, 4.69) is 5.32 Å². The number of hydrogen-bond acceptors (Lipinski definition) is 3. The van der Waals surface area contributed by atoms with Crippen LogP contribution in [0, 0.1) is 5.92 Å². The monoisotopic (exact) mass is 289 g/mol. The zero-order valence-electron chi connectivity index (χ0n) is 12.6. The molecule has 1 heterocycles. The minimum absolute atomic E-state index is 0.0333. The van der Waals surface area contributed by atoms with E-state index in [-0.39, 0.29) is 23.8 Å². The zero-order valence-corrected chi connectivity index (χ0v) is 12.6. The van der Waals surface area contributed by atoms with Crippen LogP contribution in [-0.2, 0) is 4.79 Å². The topological polar surface area (TPSA) is 75.4 Å². The summed E-state index contributed by atoms with van der Waals surface area (Å²) in [5.74, 6) is 0.146. The van der Waals surface area contributed by atoms with Gasteiger partial charge < -0.3 is 16.0 Å². The van der Waals surface area contributed by atoms with Crippen molar-refractivity contribution in [2.24, 2.45) is 5.92 Å². The Bertz CT molecular complexity index is 503. The molecular weight excluding hydrogens is 266 g/mol. The molecule has 1 aromatic rings. The molecule has 0 aliphatic carbocycles. The first kappa shape index (κ1) is 15.4.